The van der Waals surface area contributed by atoms with E-state index >= 15 is 0 Å². The highest BCUT2D eigenvalue weighted by molar-refractivity contribution is 6.32. The minimum Gasteiger partial charge on any atom is -0.470 e. The van der Waals surface area contributed by atoms with Gasteiger partial charge in [0.2, 0.25) is 5.88 Å². The fraction of sp³-hybridized carbons (Fsp3) is 0.400. The molecule has 0 aliphatic carbocycles. The number of ketones is 1. The van der Waals surface area contributed by atoms with Gasteiger partial charge in [0.15, 0.2) is 12.4 Å². The van der Waals surface area contributed by atoms with Crippen molar-refractivity contribution in [3.8, 4) is 5.88 Å². The van der Waals surface area contributed by atoms with Gasteiger partial charge >= 0.3 is 0 Å². The van der Waals surface area contributed by atoms with E-state index in [0.717, 1.165) is 6.92 Å². The molecule has 88 valence electrons. The Hall–Kier alpha value is -1.23. The number of Topliss-reactive ketones (excluding diaryl/α,β-unsaturated/α-hetero) is 1. The van der Waals surface area contributed by atoms with E-state index < -0.39 is 12.5 Å². The number of nitrogens with zero attached hydrogens (tertiary/aromatic N) is 1. The van der Waals surface area contributed by atoms with Crippen molar-refractivity contribution in [1.29, 1.82) is 0 Å². The van der Waals surface area contributed by atoms with Gasteiger partial charge in [-0.25, -0.2) is 13.8 Å². The van der Waals surface area contributed by atoms with Crippen LogP contribution in [0.15, 0.2) is 12.3 Å². The first-order chi connectivity index (χ1) is 7.29. The lowest BCUT2D eigenvalue weighted by molar-refractivity contribution is -0.0242. The van der Waals surface area contributed by atoms with Crippen molar-refractivity contribution in [3.63, 3.8) is 0 Å². The molecule has 0 amide bonds. The van der Waals surface area contributed by atoms with Crippen molar-refractivity contribution in [2.45, 2.75) is 19.8 Å². The highest BCUT2D eigenvalue weighted by atomic mass is 35.5. The molecule has 0 spiro atoms. The predicted molar refractivity (Wildman–Crippen MR) is 55.4 cm³/mol. The molecule has 1 rings (SSSR count). The summed E-state index contributed by atoms with van der Waals surface area (Å²) in [6.07, 6.45) is 1.23. The van der Waals surface area contributed by atoms with Crippen LogP contribution in [0.2, 0.25) is 5.02 Å². The lowest BCUT2D eigenvalue weighted by Gasteiger charge is -2.12. The highest BCUT2D eigenvalue weighted by Gasteiger charge is 2.23. The van der Waals surface area contributed by atoms with Crippen molar-refractivity contribution in [2.24, 2.45) is 0 Å². The van der Waals surface area contributed by atoms with Crippen molar-refractivity contribution < 1.29 is 18.3 Å². The molecule has 0 aliphatic rings. The molecule has 0 N–H and O–H groups in total. The molecule has 0 saturated heterocycles. The van der Waals surface area contributed by atoms with E-state index in [2.05, 4.69) is 4.98 Å². The van der Waals surface area contributed by atoms with Gasteiger partial charge in [0, 0.05) is 18.7 Å². The average molecular weight is 250 g/mol. The zero-order valence-electron chi connectivity index (χ0n) is 8.76. The molecule has 0 aromatic carbocycles. The number of aromatic nitrogens is 1. The quantitative estimate of drug-likeness (QED) is 0.770. The van der Waals surface area contributed by atoms with Crippen molar-refractivity contribution in [3.05, 3.63) is 22.8 Å². The van der Waals surface area contributed by atoms with Crippen molar-refractivity contribution in [2.75, 3.05) is 6.61 Å². The molecule has 0 fully saturated rings. The SMILES string of the molecule is CC(=O)c1cnc(OCC(C)(F)F)c(Cl)c1. The van der Waals surface area contributed by atoms with Crippen LogP contribution in [0.4, 0.5) is 8.78 Å². The van der Waals surface area contributed by atoms with Gasteiger partial charge in [0.05, 0.1) is 0 Å². The van der Waals surface area contributed by atoms with Gasteiger partial charge in [-0.3, -0.25) is 4.79 Å². The highest BCUT2D eigenvalue weighted by Crippen LogP contribution is 2.24. The summed E-state index contributed by atoms with van der Waals surface area (Å²) < 4.78 is 29.7. The standard InChI is InChI=1S/C10H10ClF2NO2/c1-6(15)7-3-8(11)9(14-4-7)16-5-10(2,12)13/h3-4H,5H2,1-2H3. The van der Waals surface area contributed by atoms with Crippen LogP contribution in [-0.4, -0.2) is 23.3 Å². The van der Waals surface area contributed by atoms with Crippen molar-refractivity contribution in [1.82, 2.24) is 4.98 Å². The number of pyridine rings is 1. The zero-order chi connectivity index (χ0) is 12.3. The summed E-state index contributed by atoms with van der Waals surface area (Å²) >= 11 is 5.72. The summed E-state index contributed by atoms with van der Waals surface area (Å²) in [6, 6.07) is 1.33. The number of ether oxygens (including phenoxy) is 1. The number of carbonyl (C=O) groups is 1. The van der Waals surface area contributed by atoms with Gasteiger partial charge in [-0.15, -0.1) is 0 Å². The Morgan fingerprint density at radius 2 is 2.25 bits per heavy atom. The third-order valence-corrected chi connectivity index (χ3v) is 1.95. The third-order valence-electron chi connectivity index (χ3n) is 1.68. The first-order valence-electron chi connectivity index (χ1n) is 4.47. The van der Waals surface area contributed by atoms with E-state index in [1.54, 1.807) is 0 Å². The average Bonchev–Trinajstić information content (AvgIpc) is 2.14. The molecule has 16 heavy (non-hydrogen) atoms. The number of carbonyl (C=O) groups excluding carboxylic acids is 1. The normalized spacial score (nSPS) is 11.3. The Labute approximate surface area is 96.4 Å². The van der Waals surface area contributed by atoms with E-state index in [4.69, 9.17) is 16.3 Å². The Balaban J connectivity index is 2.80. The maximum absolute atomic E-state index is 12.5. The molecule has 0 saturated carbocycles. The van der Waals surface area contributed by atoms with Gasteiger partial charge in [0.25, 0.3) is 5.92 Å². The van der Waals surface area contributed by atoms with Gasteiger partial charge in [-0.05, 0) is 13.0 Å². The lowest BCUT2D eigenvalue weighted by atomic mass is 10.2. The molecule has 1 heterocycles. The molecule has 0 bridgehead atoms. The maximum atomic E-state index is 12.5. The molecule has 1 aromatic heterocycles. The van der Waals surface area contributed by atoms with Crippen LogP contribution in [0, 0.1) is 0 Å². The number of rotatable bonds is 4. The Bertz CT molecular complexity index is 404. The van der Waals surface area contributed by atoms with Crippen LogP contribution >= 0.6 is 11.6 Å². The van der Waals surface area contributed by atoms with Crippen LogP contribution in [0.3, 0.4) is 0 Å². The minimum atomic E-state index is -2.95. The second-order valence-electron chi connectivity index (χ2n) is 3.43. The molecule has 0 unspecified atom stereocenters. The molecule has 0 radical (unpaired) electrons. The Morgan fingerprint density at radius 1 is 1.62 bits per heavy atom. The monoisotopic (exact) mass is 249 g/mol. The fourth-order valence-corrected chi connectivity index (χ4v) is 1.14. The largest absolute Gasteiger partial charge is 0.470 e. The van der Waals surface area contributed by atoms with E-state index in [1.165, 1.54) is 19.2 Å². The molecular formula is C10H10ClF2NO2. The van der Waals surface area contributed by atoms with E-state index in [0.29, 0.717) is 5.56 Å². The fourth-order valence-electron chi connectivity index (χ4n) is 0.919. The number of hydrogen-bond acceptors (Lipinski definition) is 3. The smallest absolute Gasteiger partial charge is 0.278 e. The van der Waals surface area contributed by atoms with Crippen LogP contribution in [0.5, 0.6) is 5.88 Å². The van der Waals surface area contributed by atoms with E-state index in [9.17, 15) is 13.6 Å². The predicted octanol–water partition coefficient (Wildman–Crippen LogP) is 2.97. The van der Waals surface area contributed by atoms with Crippen LogP contribution < -0.4 is 4.74 Å². The Kier molecular flexibility index (Phi) is 3.80. The molecule has 6 heteroatoms. The molecule has 0 aliphatic heterocycles. The van der Waals surface area contributed by atoms with Gasteiger partial charge in [0.1, 0.15) is 5.02 Å². The van der Waals surface area contributed by atoms with Crippen LogP contribution in [0.1, 0.15) is 24.2 Å². The van der Waals surface area contributed by atoms with Crippen molar-refractivity contribution >= 4 is 17.4 Å². The zero-order valence-corrected chi connectivity index (χ0v) is 9.52. The van der Waals surface area contributed by atoms with Crippen LogP contribution in [-0.2, 0) is 0 Å². The first-order valence-corrected chi connectivity index (χ1v) is 4.84. The summed E-state index contributed by atoms with van der Waals surface area (Å²) in [5.41, 5.74) is 0.306. The van der Waals surface area contributed by atoms with E-state index in [-0.39, 0.29) is 16.7 Å². The van der Waals surface area contributed by atoms with Crippen LogP contribution in [0.25, 0.3) is 0 Å². The summed E-state index contributed by atoms with van der Waals surface area (Å²) in [5.74, 6) is -3.26. The Morgan fingerprint density at radius 3 is 2.69 bits per heavy atom. The lowest BCUT2D eigenvalue weighted by Crippen LogP contribution is -2.21. The van der Waals surface area contributed by atoms with Gasteiger partial charge < -0.3 is 4.74 Å². The van der Waals surface area contributed by atoms with Gasteiger partial charge in [-0.1, -0.05) is 11.6 Å². The summed E-state index contributed by atoms with van der Waals surface area (Å²) in [4.78, 5) is 14.7. The summed E-state index contributed by atoms with van der Waals surface area (Å²) in [7, 11) is 0. The molecule has 1 aromatic rings. The van der Waals surface area contributed by atoms with Gasteiger partial charge in [-0.2, -0.15) is 0 Å². The topological polar surface area (TPSA) is 39.2 Å². The third kappa shape index (κ3) is 3.73. The molecule has 0 atom stereocenters. The minimum absolute atomic E-state index is 0.0388. The molecule has 3 nitrogen and oxygen atoms in total. The first kappa shape index (κ1) is 12.8. The second kappa shape index (κ2) is 4.74. The second-order valence-corrected chi connectivity index (χ2v) is 3.83. The maximum Gasteiger partial charge on any atom is 0.278 e. The summed E-state index contributed by atoms with van der Waals surface area (Å²) in [6.45, 7) is 1.28. The van der Waals surface area contributed by atoms with E-state index in [1.807, 2.05) is 0 Å². The number of hydrogen-bond donors (Lipinski definition) is 0. The summed E-state index contributed by atoms with van der Waals surface area (Å²) in [5, 5.41) is 0.0388. The number of halogens is 3. The molecular weight excluding hydrogens is 240 g/mol. The number of alkyl halides is 2.